The minimum atomic E-state index is -0.431. The monoisotopic (exact) mass is 398 g/mol. The van der Waals surface area contributed by atoms with Gasteiger partial charge in [0.05, 0.1) is 0 Å². The SMILES string of the molecule is O=C(/C=C/c1ccccc1/C=C/C(=O)OCc1ccccc1)OCc1ccccc1. The number of carbonyl (C=O) groups excluding carboxylic acids is 2. The van der Waals surface area contributed by atoms with Crippen LogP contribution in [-0.2, 0) is 32.3 Å². The highest BCUT2D eigenvalue weighted by molar-refractivity contribution is 5.90. The van der Waals surface area contributed by atoms with E-state index < -0.39 is 11.9 Å². The minimum Gasteiger partial charge on any atom is -0.458 e. The third kappa shape index (κ3) is 6.91. The highest BCUT2D eigenvalue weighted by atomic mass is 16.5. The summed E-state index contributed by atoms with van der Waals surface area (Å²) in [4.78, 5) is 24.0. The first-order valence-electron chi connectivity index (χ1n) is 9.57. The van der Waals surface area contributed by atoms with Crippen LogP contribution in [0.25, 0.3) is 12.2 Å². The van der Waals surface area contributed by atoms with Crippen molar-refractivity contribution >= 4 is 24.1 Å². The molecule has 0 spiro atoms. The third-order valence-electron chi connectivity index (χ3n) is 4.24. The van der Waals surface area contributed by atoms with Gasteiger partial charge in [0.25, 0.3) is 0 Å². The largest absolute Gasteiger partial charge is 0.458 e. The Hall–Kier alpha value is -3.92. The average molecular weight is 398 g/mol. The molecule has 0 aliphatic rings. The van der Waals surface area contributed by atoms with Crippen LogP contribution in [0.15, 0.2) is 97.1 Å². The van der Waals surface area contributed by atoms with Gasteiger partial charge in [-0.1, -0.05) is 84.9 Å². The quantitative estimate of drug-likeness (QED) is 0.387. The van der Waals surface area contributed by atoms with Crippen LogP contribution in [0.3, 0.4) is 0 Å². The molecule has 30 heavy (non-hydrogen) atoms. The summed E-state index contributed by atoms with van der Waals surface area (Å²) in [6, 6.07) is 26.4. The molecule has 0 aliphatic heterocycles. The average Bonchev–Trinajstić information content (AvgIpc) is 2.80. The maximum Gasteiger partial charge on any atom is 0.331 e. The normalized spacial score (nSPS) is 10.9. The van der Waals surface area contributed by atoms with E-state index >= 15 is 0 Å². The Morgan fingerprint density at radius 2 is 0.933 bits per heavy atom. The number of esters is 2. The molecule has 0 saturated carbocycles. The molecule has 4 heteroatoms. The van der Waals surface area contributed by atoms with E-state index in [4.69, 9.17) is 9.47 Å². The summed E-state index contributed by atoms with van der Waals surface area (Å²) in [5.41, 5.74) is 3.44. The molecule has 0 saturated heterocycles. The van der Waals surface area contributed by atoms with Crippen molar-refractivity contribution < 1.29 is 19.1 Å². The molecule has 3 aromatic rings. The highest BCUT2D eigenvalue weighted by Crippen LogP contribution is 2.13. The molecule has 0 aromatic heterocycles. The first-order chi connectivity index (χ1) is 14.7. The zero-order valence-corrected chi connectivity index (χ0v) is 16.4. The molecule has 0 N–H and O–H groups in total. The van der Waals surface area contributed by atoms with Crippen LogP contribution in [0, 0.1) is 0 Å². The lowest BCUT2D eigenvalue weighted by molar-refractivity contribution is -0.139. The highest BCUT2D eigenvalue weighted by Gasteiger charge is 2.02. The van der Waals surface area contributed by atoms with Crippen molar-refractivity contribution in [2.75, 3.05) is 0 Å². The molecule has 0 fully saturated rings. The number of rotatable bonds is 8. The van der Waals surface area contributed by atoms with Gasteiger partial charge in [0.2, 0.25) is 0 Å². The van der Waals surface area contributed by atoms with Crippen molar-refractivity contribution in [1.82, 2.24) is 0 Å². The number of benzene rings is 3. The van der Waals surface area contributed by atoms with Crippen LogP contribution in [0.4, 0.5) is 0 Å². The second kappa shape index (κ2) is 11.2. The summed E-state index contributed by atoms with van der Waals surface area (Å²) in [6.07, 6.45) is 6.09. The fourth-order valence-electron chi connectivity index (χ4n) is 2.68. The lowest BCUT2D eigenvalue weighted by Gasteiger charge is -2.03. The summed E-state index contributed by atoms with van der Waals surface area (Å²) in [5.74, 6) is -0.861. The predicted octanol–water partition coefficient (Wildman–Crippen LogP) is 5.20. The Morgan fingerprint density at radius 3 is 1.33 bits per heavy atom. The Labute approximate surface area is 176 Å². The maximum atomic E-state index is 12.0. The van der Waals surface area contributed by atoms with Crippen molar-refractivity contribution in [3.8, 4) is 0 Å². The zero-order valence-electron chi connectivity index (χ0n) is 16.4. The van der Waals surface area contributed by atoms with Gasteiger partial charge in [-0.3, -0.25) is 0 Å². The standard InChI is InChI=1S/C26H22O4/c27-25(29-19-21-9-3-1-4-10-21)17-15-23-13-7-8-14-24(23)16-18-26(28)30-20-22-11-5-2-6-12-22/h1-18H,19-20H2/b17-15+,18-16+. The van der Waals surface area contributed by atoms with Gasteiger partial charge in [-0.2, -0.15) is 0 Å². The minimum absolute atomic E-state index is 0.221. The molecule has 4 nitrogen and oxygen atoms in total. The summed E-state index contributed by atoms with van der Waals surface area (Å²) >= 11 is 0. The topological polar surface area (TPSA) is 52.6 Å². The molecule has 0 aliphatic carbocycles. The van der Waals surface area contributed by atoms with Crippen molar-refractivity contribution in [3.05, 3.63) is 119 Å². The second-order valence-electron chi connectivity index (χ2n) is 6.48. The van der Waals surface area contributed by atoms with Crippen molar-refractivity contribution in [1.29, 1.82) is 0 Å². The Kier molecular flexibility index (Phi) is 7.75. The van der Waals surface area contributed by atoms with Gasteiger partial charge in [0.15, 0.2) is 0 Å². The van der Waals surface area contributed by atoms with Crippen molar-refractivity contribution in [2.24, 2.45) is 0 Å². The second-order valence-corrected chi connectivity index (χ2v) is 6.48. The Morgan fingerprint density at radius 1 is 0.567 bits per heavy atom. The fourth-order valence-corrected chi connectivity index (χ4v) is 2.68. The van der Waals surface area contributed by atoms with E-state index in [0.717, 1.165) is 22.3 Å². The summed E-state index contributed by atoms with van der Waals surface area (Å²) in [5, 5.41) is 0. The van der Waals surface area contributed by atoms with Crippen LogP contribution in [0.5, 0.6) is 0 Å². The Bertz CT molecular complexity index is 937. The first kappa shape index (κ1) is 20.8. The molecular formula is C26H22O4. The van der Waals surface area contributed by atoms with Gasteiger partial charge in [-0.15, -0.1) is 0 Å². The summed E-state index contributed by atoms with van der Waals surface area (Å²) < 4.78 is 10.5. The van der Waals surface area contributed by atoms with E-state index in [0.29, 0.717) is 0 Å². The van der Waals surface area contributed by atoms with Gasteiger partial charge in [0.1, 0.15) is 13.2 Å². The lowest BCUT2D eigenvalue weighted by Crippen LogP contribution is -2.01. The number of ether oxygens (including phenoxy) is 2. The van der Waals surface area contributed by atoms with E-state index in [1.165, 1.54) is 12.2 Å². The molecule has 150 valence electrons. The summed E-state index contributed by atoms with van der Waals surface area (Å²) in [7, 11) is 0. The van der Waals surface area contributed by atoms with Crippen LogP contribution in [-0.4, -0.2) is 11.9 Å². The zero-order chi connectivity index (χ0) is 21.0. The number of hydrogen-bond donors (Lipinski definition) is 0. The molecular weight excluding hydrogens is 376 g/mol. The van der Waals surface area contributed by atoms with E-state index in [1.807, 2.05) is 84.9 Å². The van der Waals surface area contributed by atoms with E-state index in [9.17, 15) is 9.59 Å². The number of hydrogen-bond acceptors (Lipinski definition) is 4. The van der Waals surface area contributed by atoms with Gasteiger partial charge in [-0.25, -0.2) is 9.59 Å². The Balaban J connectivity index is 1.55. The molecule has 0 atom stereocenters. The van der Waals surface area contributed by atoms with E-state index in [2.05, 4.69) is 0 Å². The van der Waals surface area contributed by atoms with Crippen molar-refractivity contribution in [2.45, 2.75) is 13.2 Å². The van der Waals surface area contributed by atoms with Gasteiger partial charge < -0.3 is 9.47 Å². The van der Waals surface area contributed by atoms with Crippen molar-refractivity contribution in [3.63, 3.8) is 0 Å². The number of carbonyl (C=O) groups is 2. The molecule has 0 radical (unpaired) electrons. The molecule has 0 unspecified atom stereocenters. The van der Waals surface area contributed by atoms with Crippen LogP contribution < -0.4 is 0 Å². The molecule has 3 aromatic carbocycles. The molecule has 0 heterocycles. The van der Waals surface area contributed by atoms with Crippen LogP contribution in [0.2, 0.25) is 0 Å². The smallest absolute Gasteiger partial charge is 0.331 e. The molecule has 3 rings (SSSR count). The first-order valence-corrected chi connectivity index (χ1v) is 9.57. The fraction of sp³-hybridized carbons (Fsp3) is 0.0769. The van der Waals surface area contributed by atoms with Gasteiger partial charge in [0, 0.05) is 12.2 Å². The third-order valence-corrected chi connectivity index (χ3v) is 4.24. The lowest BCUT2D eigenvalue weighted by atomic mass is 10.1. The van der Waals surface area contributed by atoms with Gasteiger partial charge >= 0.3 is 11.9 Å². The maximum absolute atomic E-state index is 12.0. The van der Waals surface area contributed by atoms with Crippen LogP contribution in [0.1, 0.15) is 22.3 Å². The van der Waals surface area contributed by atoms with Gasteiger partial charge in [-0.05, 0) is 34.4 Å². The summed E-state index contributed by atoms with van der Waals surface area (Å²) in [6.45, 7) is 0.442. The molecule has 0 bridgehead atoms. The molecule has 0 amide bonds. The predicted molar refractivity (Wildman–Crippen MR) is 117 cm³/mol. The van der Waals surface area contributed by atoms with E-state index in [-0.39, 0.29) is 13.2 Å². The van der Waals surface area contributed by atoms with Crippen LogP contribution >= 0.6 is 0 Å². The van der Waals surface area contributed by atoms with E-state index in [1.54, 1.807) is 12.2 Å².